The van der Waals surface area contributed by atoms with Gasteiger partial charge in [0, 0.05) is 19.5 Å². The molecule has 0 spiro atoms. The Morgan fingerprint density at radius 2 is 1.72 bits per heavy atom. The zero-order valence-electron chi connectivity index (χ0n) is 11.8. The van der Waals surface area contributed by atoms with E-state index < -0.39 is 5.97 Å². The monoisotopic (exact) mass is 281 g/mol. The summed E-state index contributed by atoms with van der Waals surface area (Å²) in [6.45, 7) is 9.14. The highest BCUT2D eigenvalue weighted by Crippen LogP contribution is 2.20. The quantitative estimate of drug-likeness (QED) is 0.831. The Hall–Kier alpha value is -0.320. The third-order valence-corrected chi connectivity index (χ3v) is 3.06. The number of nitrogens with zero attached hydrogens (tertiary/aromatic N) is 1. The van der Waals surface area contributed by atoms with Crippen LogP contribution in [0.5, 0.6) is 0 Å². The number of carboxylic acids is 1. The highest BCUT2D eigenvalue weighted by atomic mass is 35.5. The van der Waals surface area contributed by atoms with E-state index in [9.17, 15) is 9.90 Å². The van der Waals surface area contributed by atoms with Gasteiger partial charge in [-0.1, -0.05) is 20.3 Å². The Morgan fingerprint density at radius 1 is 1.28 bits per heavy atom. The summed E-state index contributed by atoms with van der Waals surface area (Å²) in [5.41, 5.74) is -0.386. The summed E-state index contributed by atoms with van der Waals surface area (Å²) >= 11 is 0. The fourth-order valence-corrected chi connectivity index (χ4v) is 1.64. The molecule has 0 atom stereocenters. The van der Waals surface area contributed by atoms with Gasteiger partial charge in [-0.05, 0) is 32.7 Å². The zero-order valence-corrected chi connectivity index (χ0v) is 12.6. The lowest BCUT2D eigenvalue weighted by Gasteiger charge is -2.35. The Bertz CT molecular complexity index is 212. The number of rotatable bonds is 4. The van der Waals surface area contributed by atoms with Crippen molar-refractivity contribution in [1.82, 2.24) is 4.90 Å². The minimum absolute atomic E-state index is 0. The van der Waals surface area contributed by atoms with Gasteiger partial charge in [0.05, 0.1) is 5.60 Å². The van der Waals surface area contributed by atoms with E-state index in [0.29, 0.717) is 0 Å². The molecule has 4 nitrogen and oxygen atoms in total. The lowest BCUT2D eigenvalue weighted by Crippen LogP contribution is -2.42. The predicted molar refractivity (Wildman–Crippen MR) is 76.4 cm³/mol. The lowest BCUT2D eigenvalue weighted by molar-refractivity contribution is -0.136. The van der Waals surface area contributed by atoms with Gasteiger partial charge in [-0.2, -0.15) is 0 Å². The van der Waals surface area contributed by atoms with Gasteiger partial charge in [0.2, 0.25) is 0 Å². The van der Waals surface area contributed by atoms with E-state index in [0.717, 1.165) is 25.9 Å². The fourth-order valence-electron chi connectivity index (χ4n) is 1.64. The van der Waals surface area contributed by atoms with Crippen LogP contribution in [0.3, 0.4) is 0 Å². The van der Waals surface area contributed by atoms with Crippen LogP contribution in [0.1, 0.15) is 52.9 Å². The highest BCUT2D eigenvalue weighted by Gasteiger charge is 2.26. The first-order chi connectivity index (χ1) is 7.91. The van der Waals surface area contributed by atoms with E-state index in [4.69, 9.17) is 5.11 Å². The summed E-state index contributed by atoms with van der Waals surface area (Å²) in [6, 6.07) is 0. The van der Waals surface area contributed by atoms with E-state index in [1.54, 1.807) is 6.92 Å². The molecular weight excluding hydrogens is 254 g/mol. The number of aliphatic hydroxyl groups is 1. The second kappa shape index (κ2) is 10.6. The second-order valence-corrected chi connectivity index (χ2v) is 4.94. The molecule has 0 unspecified atom stereocenters. The lowest BCUT2D eigenvalue weighted by atomic mass is 9.94. The number of piperidine rings is 1. The molecular formula is C13H28ClNO3. The number of aliphatic carboxylic acids is 1. The first-order valence-electron chi connectivity index (χ1n) is 6.57. The third kappa shape index (κ3) is 10.8. The van der Waals surface area contributed by atoms with Crippen LogP contribution in [0, 0.1) is 0 Å². The molecule has 1 aliphatic rings. The number of hydrogen-bond acceptors (Lipinski definition) is 3. The fraction of sp³-hybridized carbons (Fsp3) is 0.923. The van der Waals surface area contributed by atoms with E-state index in [1.807, 2.05) is 6.92 Å². The van der Waals surface area contributed by atoms with Gasteiger partial charge in [0.15, 0.2) is 0 Å². The molecule has 18 heavy (non-hydrogen) atoms. The molecule has 0 aromatic rings. The predicted octanol–water partition coefficient (Wildman–Crippen LogP) is 2.54. The second-order valence-electron chi connectivity index (χ2n) is 4.94. The van der Waals surface area contributed by atoms with Crippen molar-refractivity contribution in [3.8, 4) is 0 Å². The van der Waals surface area contributed by atoms with E-state index in [1.165, 1.54) is 19.4 Å². The van der Waals surface area contributed by atoms with Crippen molar-refractivity contribution in [3.63, 3.8) is 0 Å². The first kappa shape index (κ1) is 20.0. The van der Waals surface area contributed by atoms with Crippen molar-refractivity contribution < 1.29 is 15.0 Å². The van der Waals surface area contributed by atoms with Gasteiger partial charge in [0.25, 0.3) is 0 Å². The Balaban J connectivity index is 0. The minimum atomic E-state index is -0.745. The van der Waals surface area contributed by atoms with Crippen molar-refractivity contribution in [2.45, 2.75) is 58.5 Å². The molecule has 0 saturated carbocycles. The van der Waals surface area contributed by atoms with Gasteiger partial charge in [-0.3, -0.25) is 4.79 Å². The van der Waals surface area contributed by atoms with Crippen LogP contribution in [0.2, 0.25) is 0 Å². The molecule has 0 aliphatic carbocycles. The highest BCUT2D eigenvalue weighted by molar-refractivity contribution is 5.85. The number of carboxylic acid groups (broad SMARTS) is 1. The Morgan fingerprint density at radius 3 is 2.06 bits per heavy atom. The van der Waals surface area contributed by atoms with Gasteiger partial charge >= 0.3 is 5.97 Å². The molecule has 1 saturated heterocycles. The standard InChI is InChI=1S/C10H21NO.C3H6O2.ClH/c1-3-4-7-11-8-5-10(2,12)6-9-11;1-2-3(4)5;/h12H,3-9H2,1-2H3;2H2,1H3,(H,4,5);1H. The summed E-state index contributed by atoms with van der Waals surface area (Å²) < 4.78 is 0. The summed E-state index contributed by atoms with van der Waals surface area (Å²) in [5.74, 6) is -0.745. The van der Waals surface area contributed by atoms with E-state index in [-0.39, 0.29) is 24.4 Å². The van der Waals surface area contributed by atoms with Gasteiger partial charge in [-0.15, -0.1) is 12.4 Å². The normalized spacial score (nSPS) is 18.2. The average Bonchev–Trinajstić information content (AvgIpc) is 2.28. The molecule has 110 valence electrons. The molecule has 5 heteroatoms. The molecule has 1 aliphatic heterocycles. The van der Waals surface area contributed by atoms with Crippen LogP contribution in [0.15, 0.2) is 0 Å². The van der Waals surface area contributed by atoms with Crippen LogP contribution in [0.4, 0.5) is 0 Å². The molecule has 0 aromatic heterocycles. The van der Waals surface area contributed by atoms with Crippen LogP contribution in [-0.4, -0.2) is 46.3 Å². The smallest absolute Gasteiger partial charge is 0.303 e. The minimum Gasteiger partial charge on any atom is -0.481 e. The van der Waals surface area contributed by atoms with Gasteiger partial charge in [-0.25, -0.2) is 0 Å². The largest absolute Gasteiger partial charge is 0.481 e. The number of likely N-dealkylation sites (tertiary alicyclic amines) is 1. The summed E-state index contributed by atoms with van der Waals surface area (Å²) in [6.07, 6.45) is 4.67. The van der Waals surface area contributed by atoms with E-state index >= 15 is 0 Å². The molecule has 1 heterocycles. The van der Waals surface area contributed by atoms with Crippen molar-refractivity contribution in [1.29, 1.82) is 0 Å². The van der Waals surface area contributed by atoms with Crippen molar-refractivity contribution in [3.05, 3.63) is 0 Å². The Kier molecular flexibility index (Phi) is 11.8. The van der Waals surface area contributed by atoms with Crippen molar-refractivity contribution in [2.24, 2.45) is 0 Å². The first-order valence-corrected chi connectivity index (χ1v) is 6.57. The molecule has 2 N–H and O–H groups in total. The number of halogens is 1. The zero-order chi connectivity index (χ0) is 13.3. The van der Waals surface area contributed by atoms with Crippen LogP contribution >= 0.6 is 12.4 Å². The summed E-state index contributed by atoms with van der Waals surface area (Å²) in [5, 5.41) is 17.4. The number of carbonyl (C=O) groups is 1. The van der Waals surface area contributed by atoms with Crippen LogP contribution in [0.25, 0.3) is 0 Å². The number of unbranched alkanes of at least 4 members (excludes halogenated alkanes) is 1. The Labute approximate surface area is 117 Å². The van der Waals surface area contributed by atoms with Crippen molar-refractivity contribution in [2.75, 3.05) is 19.6 Å². The van der Waals surface area contributed by atoms with Gasteiger partial charge in [0.1, 0.15) is 0 Å². The molecule has 0 aromatic carbocycles. The van der Waals surface area contributed by atoms with Gasteiger partial charge < -0.3 is 15.1 Å². The molecule has 0 radical (unpaired) electrons. The molecule has 0 bridgehead atoms. The molecule has 1 rings (SSSR count). The average molecular weight is 282 g/mol. The molecule has 0 amide bonds. The SMILES string of the molecule is CCC(=O)O.CCCCN1CCC(C)(O)CC1.Cl. The van der Waals surface area contributed by atoms with Crippen molar-refractivity contribution >= 4 is 18.4 Å². The summed E-state index contributed by atoms with van der Waals surface area (Å²) in [7, 11) is 0. The maximum Gasteiger partial charge on any atom is 0.303 e. The summed E-state index contributed by atoms with van der Waals surface area (Å²) in [4.78, 5) is 11.8. The van der Waals surface area contributed by atoms with Crippen LogP contribution in [-0.2, 0) is 4.79 Å². The maximum absolute atomic E-state index is 9.69. The van der Waals surface area contributed by atoms with E-state index in [2.05, 4.69) is 11.8 Å². The number of hydrogen-bond donors (Lipinski definition) is 2. The maximum atomic E-state index is 9.69. The molecule has 1 fully saturated rings. The third-order valence-electron chi connectivity index (χ3n) is 3.06. The topological polar surface area (TPSA) is 60.8 Å². The van der Waals surface area contributed by atoms with Crippen LogP contribution < -0.4 is 0 Å².